The molecule has 0 saturated carbocycles. The average Bonchev–Trinajstić information content (AvgIpc) is 2.01. The van der Waals surface area contributed by atoms with E-state index in [4.69, 9.17) is 15.6 Å². The first-order valence-electron chi connectivity index (χ1n) is 4.70. The third-order valence-electron chi connectivity index (χ3n) is 1.70. The highest BCUT2D eigenvalue weighted by Crippen LogP contribution is 2.06. The van der Waals surface area contributed by atoms with Crippen LogP contribution in [0.5, 0.6) is 0 Å². The maximum Gasteiger partial charge on any atom is 0.219 e. The number of nitrogens with two attached hydrogens (primary N) is 1. The van der Waals surface area contributed by atoms with Crippen LogP contribution in [-0.4, -0.2) is 42.9 Å². The number of hydrogen-bond donors (Lipinski definition) is 3. The lowest BCUT2D eigenvalue weighted by Gasteiger charge is -2.24. The van der Waals surface area contributed by atoms with Crippen molar-refractivity contribution in [2.45, 2.75) is 25.8 Å². The molecule has 0 aromatic rings. The molecule has 14 heavy (non-hydrogen) atoms. The first kappa shape index (κ1) is 13.4. The number of carbonyl (C=O) groups is 1. The highest BCUT2D eigenvalue weighted by Gasteiger charge is 2.18. The van der Waals surface area contributed by atoms with E-state index in [0.717, 1.165) is 0 Å². The van der Waals surface area contributed by atoms with E-state index in [0.29, 0.717) is 26.2 Å². The van der Waals surface area contributed by atoms with Crippen molar-refractivity contribution >= 4 is 5.91 Å². The second-order valence-corrected chi connectivity index (χ2v) is 3.79. The van der Waals surface area contributed by atoms with Crippen molar-refractivity contribution in [3.63, 3.8) is 0 Å². The molecular formula is C9H20N2O3. The minimum atomic E-state index is -0.321. The standard InChI is InChI=1S/C9H20N2O3/c1-9(2,7-8(10)13)11-3-5-14-6-4-12/h11-12H,3-7H2,1-2H3,(H2,10,13). The lowest BCUT2D eigenvalue weighted by Crippen LogP contribution is -2.44. The zero-order valence-corrected chi connectivity index (χ0v) is 8.88. The molecule has 0 aromatic carbocycles. The summed E-state index contributed by atoms with van der Waals surface area (Å²) in [5.74, 6) is -0.321. The van der Waals surface area contributed by atoms with Crippen LogP contribution >= 0.6 is 0 Å². The molecule has 0 aliphatic heterocycles. The minimum Gasteiger partial charge on any atom is -0.394 e. The van der Waals surface area contributed by atoms with Crippen molar-refractivity contribution < 1.29 is 14.6 Å². The van der Waals surface area contributed by atoms with E-state index in [1.807, 2.05) is 13.8 Å². The van der Waals surface area contributed by atoms with Crippen LogP contribution in [0.1, 0.15) is 20.3 Å². The molecule has 5 heteroatoms. The van der Waals surface area contributed by atoms with Crippen LogP contribution < -0.4 is 11.1 Å². The molecular weight excluding hydrogens is 184 g/mol. The van der Waals surface area contributed by atoms with Gasteiger partial charge in [0, 0.05) is 18.5 Å². The second kappa shape index (κ2) is 6.75. The van der Waals surface area contributed by atoms with Crippen molar-refractivity contribution in [1.29, 1.82) is 0 Å². The smallest absolute Gasteiger partial charge is 0.219 e. The number of ether oxygens (including phenoxy) is 1. The Morgan fingerprint density at radius 1 is 1.50 bits per heavy atom. The van der Waals surface area contributed by atoms with Crippen molar-refractivity contribution in [3.05, 3.63) is 0 Å². The molecule has 0 heterocycles. The van der Waals surface area contributed by atoms with Gasteiger partial charge in [-0.1, -0.05) is 0 Å². The normalized spacial score (nSPS) is 11.6. The van der Waals surface area contributed by atoms with Gasteiger partial charge in [0.25, 0.3) is 0 Å². The molecule has 0 aliphatic rings. The Labute approximate surface area is 84.6 Å². The average molecular weight is 204 g/mol. The number of nitrogens with one attached hydrogen (secondary N) is 1. The van der Waals surface area contributed by atoms with Gasteiger partial charge in [-0.15, -0.1) is 0 Å². The van der Waals surface area contributed by atoms with Gasteiger partial charge < -0.3 is 20.9 Å². The predicted molar refractivity (Wildman–Crippen MR) is 53.8 cm³/mol. The quantitative estimate of drug-likeness (QED) is 0.454. The summed E-state index contributed by atoms with van der Waals surface area (Å²) in [7, 11) is 0. The van der Waals surface area contributed by atoms with Crippen LogP contribution in [0.2, 0.25) is 0 Å². The molecule has 0 spiro atoms. The molecule has 5 nitrogen and oxygen atoms in total. The number of hydrogen-bond acceptors (Lipinski definition) is 4. The fourth-order valence-corrected chi connectivity index (χ4v) is 1.13. The van der Waals surface area contributed by atoms with Gasteiger partial charge in [-0.05, 0) is 13.8 Å². The first-order valence-corrected chi connectivity index (χ1v) is 4.70. The zero-order chi connectivity index (χ0) is 11.0. The molecule has 0 rings (SSSR count). The summed E-state index contributed by atoms with van der Waals surface area (Å²) in [6.45, 7) is 5.35. The van der Waals surface area contributed by atoms with Crippen molar-refractivity contribution in [1.82, 2.24) is 5.32 Å². The van der Waals surface area contributed by atoms with Gasteiger partial charge in [0.1, 0.15) is 0 Å². The summed E-state index contributed by atoms with van der Waals surface area (Å²) < 4.78 is 5.05. The Kier molecular flexibility index (Phi) is 6.44. The Hall–Kier alpha value is -0.650. The lowest BCUT2D eigenvalue weighted by atomic mass is 10.0. The van der Waals surface area contributed by atoms with Crippen molar-refractivity contribution in [3.8, 4) is 0 Å². The number of primary amides is 1. The largest absolute Gasteiger partial charge is 0.394 e. The second-order valence-electron chi connectivity index (χ2n) is 3.79. The van der Waals surface area contributed by atoms with Gasteiger partial charge in [-0.2, -0.15) is 0 Å². The highest BCUT2D eigenvalue weighted by atomic mass is 16.5. The van der Waals surface area contributed by atoms with Crippen LogP contribution in [-0.2, 0) is 9.53 Å². The topological polar surface area (TPSA) is 84.6 Å². The Bertz CT molecular complexity index is 171. The lowest BCUT2D eigenvalue weighted by molar-refractivity contribution is -0.119. The summed E-state index contributed by atoms with van der Waals surface area (Å²) in [5.41, 5.74) is 4.79. The number of carbonyl (C=O) groups excluding carboxylic acids is 1. The van der Waals surface area contributed by atoms with Gasteiger partial charge in [0.15, 0.2) is 0 Å². The van der Waals surface area contributed by atoms with Gasteiger partial charge >= 0.3 is 0 Å². The molecule has 0 saturated heterocycles. The maximum atomic E-state index is 10.7. The summed E-state index contributed by atoms with van der Waals surface area (Å²) in [4.78, 5) is 10.7. The van der Waals surface area contributed by atoms with E-state index in [2.05, 4.69) is 5.32 Å². The van der Waals surface area contributed by atoms with Gasteiger partial charge in [0.05, 0.1) is 19.8 Å². The summed E-state index contributed by atoms with van der Waals surface area (Å²) in [6.07, 6.45) is 0.299. The van der Waals surface area contributed by atoms with E-state index < -0.39 is 0 Å². The van der Waals surface area contributed by atoms with E-state index in [-0.39, 0.29) is 18.1 Å². The monoisotopic (exact) mass is 204 g/mol. The predicted octanol–water partition coefficient (Wildman–Crippen LogP) is -0.761. The van der Waals surface area contributed by atoms with Crippen LogP contribution in [0, 0.1) is 0 Å². The van der Waals surface area contributed by atoms with Crippen LogP contribution in [0.4, 0.5) is 0 Å². The Morgan fingerprint density at radius 2 is 2.14 bits per heavy atom. The number of rotatable bonds is 8. The third kappa shape index (κ3) is 7.97. The maximum absolute atomic E-state index is 10.7. The van der Waals surface area contributed by atoms with E-state index >= 15 is 0 Å². The van der Waals surface area contributed by atoms with Crippen LogP contribution in [0.3, 0.4) is 0 Å². The number of aliphatic hydroxyl groups is 1. The Balaban J connectivity index is 3.50. The molecule has 1 amide bonds. The van der Waals surface area contributed by atoms with Crippen molar-refractivity contribution in [2.75, 3.05) is 26.4 Å². The molecule has 0 bridgehead atoms. The summed E-state index contributed by atoms with van der Waals surface area (Å²) >= 11 is 0. The molecule has 84 valence electrons. The van der Waals surface area contributed by atoms with Gasteiger partial charge in [-0.25, -0.2) is 0 Å². The SMILES string of the molecule is CC(C)(CC(N)=O)NCCOCCO. The van der Waals surface area contributed by atoms with Crippen molar-refractivity contribution in [2.24, 2.45) is 5.73 Å². The summed E-state index contributed by atoms with van der Waals surface area (Å²) in [6, 6.07) is 0. The van der Waals surface area contributed by atoms with E-state index in [1.165, 1.54) is 0 Å². The molecule has 0 aliphatic carbocycles. The zero-order valence-electron chi connectivity index (χ0n) is 8.88. The van der Waals surface area contributed by atoms with Crippen LogP contribution in [0.15, 0.2) is 0 Å². The molecule has 0 unspecified atom stereocenters. The highest BCUT2D eigenvalue weighted by molar-refractivity contribution is 5.74. The first-order chi connectivity index (χ1) is 6.48. The molecule has 0 aromatic heterocycles. The van der Waals surface area contributed by atoms with Crippen LogP contribution in [0.25, 0.3) is 0 Å². The molecule has 4 N–H and O–H groups in total. The fraction of sp³-hybridized carbons (Fsp3) is 0.889. The van der Waals surface area contributed by atoms with Gasteiger partial charge in [-0.3, -0.25) is 4.79 Å². The van der Waals surface area contributed by atoms with Gasteiger partial charge in [0.2, 0.25) is 5.91 Å². The number of amides is 1. The minimum absolute atomic E-state index is 0.0324. The van der Waals surface area contributed by atoms with E-state index in [1.54, 1.807) is 0 Å². The summed E-state index contributed by atoms with van der Waals surface area (Å²) in [5, 5.41) is 11.6. The molecule has 0 atom stereocenters. The third-order valence-corrected chi connectivity index (χ3v) is 1.70. The number of aliphatic hydroxyl groups excluding tert-OH is 1. The molecule has 0 radical (unpaired) electrons. The fourth-order valence-electron chi connectivity index (χ4n) is 1.13. The van der Waals surface area contributed by atoms with E-state index in [9.17, 15) is 4.79 Å². The molecule has 0 fully saturated rings. The Morgan fingerprint density at radius 3 is 2.64 bits per heavy atom.